The van der Waals surface area contributed by atoms with Crippen molar-refractivity contribution in [2.45, 2.75) is 24.5 Å². The van der Waals surface area contributed by atoms with Crippen LogP contribution in [0.4, 0.5) is 6.01 Å². The van der Waals surface area contributed by atoms with Crippen LogP contribution in [0.15, 0.2) is 65.1 Å². The number of hydrogen-bond donors (Lipinski definition) is 1. The molecule has 30 heavy (non-hydrogen) atoms. The molecule has 8 heteroatoms. The van der Waals surface area contributed by atoms with Crippen LogP contribution >= 0.6 is 24.0 Å². The Bertz CT molecular complexity index is 989. The molecule has 1 atom stereocenters. The number of aromatic nitrogens is 2. The van der Waals surface area contributed by atoms with E-state index in [1.165, 1.54) is 18.2 Å². The molecule has 1 aliphatic heterocycles. The number of rotatable bonds is 5. The van der Waals surface area contributed by atoms with E-state index in [0.29, 0.717) is 5.89 Å². The highest BCUT2D eigenvalue weighted by Gasteiger charge is 2.27. The normalized spacial score (nSPS) is 14.9. The average molecular weight is 439 g/mol. The highest BCUT2D eigenvalue weighted by molar-refractivity contribution is 8.23. The molecule has 1 N–H and O–H groups in total. The molecule has 2 aromatic carbocycles. The van der Waals surface area contributed by atoms with Crippen molar-refractivity contribution in [3.63, 3.8) is 0 Å². The van der Waals surface area contributed by atoms with Crippen molar-refractivity contribution in [3.8, 4) is 11.5 Å². The lowest BCUT2D eigenvalue weighted by molar-refractivity contribution is -0.115. The molecule has 0 spiro atoms. The highest BCUT2D eigenvalue weighted by atomic mass is 32.2. The first-order valence-corrected chi connectivity index (χ1v) is 11.2. The Hall–Kier alpha value is -2.71. The Balaban J connectivity index is 1.50. The maximum Gasteiger partial charge on any atom is 0.322 e. The van der Waals surface area contributed by atoms with E-state index in [1.54, 1.807) is 0 Å². The summed E-state index contributed by atoms with van der Waals surface area (Å²) in [6, 6.07) is 19.1. The van der Waals surface area contributed by atoms with E-state index >= 15 is 0 Å². The summed E-state index contributed by atoms with van der Waals surface area (Å²) in [7, 11) is 0. The minimum absolute atomic E-state index is 0.0734. The summed E-state index contributed by atoms with van der Waals surface area (Å²) in [5, 5.41) is 10.3. The van der Waals surface area contributed by atoms with Gasteiger partial charge >= 0.3 is 6.01 Å². The third-order valence-corrected chi connectivity index (χ3v) is 6.58. The van der Waals surface area contributed by atoms with Gasteiger partial charge in [0, 0.05) is 18.7 Å². The maximum absolute atomic E-state index is 13.1. The number of thiocarbonyl (C=S) groups is 1. The lowest BCUT2D eigenvalue weighted by Crippen LogP contribution is -2.34. The number of nitrogens with one attached hydrogen (secondary N) is 1. The summed E-state index contributed by atoms with van der Waals surface area (Å²) in [4.78, 5) is 15.3. The zero-order valence-corrected chi connectivity index (χ0v) is 18.0. The van der Waals surface area contributed by atoms with Crippen LogP contribution in [0, 0.1) is 0 Å². The molecule has 1 aliphatic rings. The molecule has 4 rings (SSSR count). The van der Waals surface area contributed by atoms with Crippen LogP contribution in [0.5, 0.6) is 0 Å². The Kier molecular flexibility index (Phi) is 6.76. The fourth-order valence-corrected chi connectivity index (χ4v) is 4.76. The van der Waals surface area contributed by atoms with E-state index in [1.807, 2.05) is 60.7 Å². The lowest BCUT2D eigenvalue weighted by atomic mass is 10.1. The van der Waals surface area contributed by atoms with Gasteiger partial charge in [-0.15, -0.1) is 5.10 Å². The van der Waals surface area contributed by atoms with Crippen LogP contribution in [0.1, 0.15) is 30.1 Å². The molecular weight excluding hydrogens is 416 g/mol. The van der Waals surface area contributed by atoms with E-state index < -0.39 is 5.25 Å². The molecule has 1 unspecified atom stereocenters. The molecule has 1 saturated heterocycles. The van der Waals surface area contributed by atoms with Crippen LogP contribution in [0.3, 0.4) is 0 Å². The van der Waals surface area contributed by atoms with Crippen LogP contribution < -0.4 is 5.32 Å². The molecule has 0 bridgehead atoms. The van der Waals surface area contributed by atoms with Crippen molar-refractivity contribution >= 4 is 40.2 Å². The second-order valence-corrected chi connectivity index (χ2v) is 8.73. The van der Waals surface area contributed by atoms with Gasteiger partial charge in [0.15, 0.2) is 0 Å². The van der Waals surface area contributed by atoms with Crippen molar-refractivity contribution in [2.75, 3.05) is 18.4 Å². The van der Waals surface area contributed by atoms with Crippen molar-refractivity contribution in [3.05, 3.63) is 66.2 Å². The van der Waals surface area contributed by atoms with Gasteiger partial charge in [-0.05, 0) is 37.0 Å². The molecular formula is C22H22N4O2S2. The molecule has 2 heterocycles. The number of piperidine rings is 1. The molecule has 6 nitrogen and oxygen atoms in total. The van der Waals surface area contributed by atoms with Crippen LogP contribution in [-0.4, -0.2) is 38.4 Å². The van der Waals surface area contributed by atoms with Gasteiger partial charge in [-0.1, -0.05) is 77.6 Å². The Labute approximate surface area is 185 Å². The number of anilines is 1. The minimum atomic E-state index is -0.507. The number of carbonyl (C=O) groups excluding carboxylic acids is 1. The first kappa shape index (κ1) is 20.6. The molecule has 0 radical (unpaired) electrons. The molecule has 1 amide bonds. The third-order valence-electron chi connectivity index (χ3n) is 4.85. The zero-order chi connectivity index (χ0) is 20.8. The van der Waals surface area contributed by atoms with E-state index in [0.717, 1.165) is 41.4 Å². The van der Waals surface area contributed by atoms with Crippen LogP contribution in [0.25, 0.3) is 11.5 Å². The van der Waals surface area contributed by atoms with E-state index in [4.69, 9.17) is 16.6 Å². The summed E-state index contributed by atoms with van der Waals surface area (Å²) in [6.45, 7) is 1.89. The van der Waals surface area contributed by atoms with Crippen molar-refractivity contribution in [1.82, 2.24) is 15.1 Å². The lowest BCUT2D eigenvalue weighted by Gasteiger charge is -2.30. The summed E-state index contributed by atoms with van der Waals surface area (Å²) in [6.07, 6.45) is 3.49. The van der Waals surface area contributed by atoms with Gasteiger partial charge in [0.1, 0.15) is 9.57 Å². The first-order chi connectivity index (χ1) is 14.7. The number of carbonyl (C=O) groups is 1. The van der Waals surface area contributed by atoms with Gasteiger partial charge in [0.2, 0.25) is 11.8 Å². The number of likely N-dealkylation sites (tertiary alicyclic amines) is 1. The predicted octanol–water partition coefficient (Wildman–Crippen LogP) is 4.92. The van der Waals surface area contributed by atoms with Crippen molar-refractivity contribution in [2.24, 2.45) is 0 Å². The van der Waals surface area contributed by atoms with E-state index in [9.17, 15) is 4.79 Å². The molecule has 0 saturated carbocycles. The molecule has 1 fully saturated rings. The smallest absolute Gasteiger partial charge is 0.322 e. The number of hydrogen-bond acceptors (Lipinski definition) is 6. The molecule has 154 valence electrons. The molecule has 0 aliphatic carbocycles. The Morgan fingerprint density at radius 1 is 1.00 bits per heavy atom. The van der Waals surface area contributed by atoms with Gasteiger partial charge in [0.05, 0.1) is 0 Å². The van der Waals surface area contributed by atoms with Gasteiger partial charge in [-0.3, -0.25) is 10.1 Å². The fourth-order valence-electron chi connectivity index (χ4n) is 3.29. The quantitative estimate of drug-likeness (QED) is 0.567. The van der Waals surface area contributed by atoms with Gasteiger partial charge in [0.25, 0.3) is 0 Å². The van der Waals surface area contributed by atoms with E-state index in [2.05, 4.69) is 20.4 Å². The summed E-state index contributed by atoms with van der Waals surface area (Å²) in [5.41, 5.74) is 1.67. The predicted molar refractivity (Wildman–Crippen MR) is 123 cm³/mol. The largest absolute Gasteiger partial charge is 0.403 e. The second kappa shape index (κ2) is 9.86. The monoisotopic (exact) mass is 438 g/mol. The third kappa shape index (κ3) is 5.06. The SMILES string of the molecule is O=C(Nc1nnc(-c2ccccc2)o1)C(SC(=S)N1CCCCC1)c1ccccc1. The average Bonchev–Trinajstić information content (AvgIpc) is 3.27. The zero-order valence-electron chi connectivity index (χ0n) is 16.4. The number of thioether (sulfide) groups is 1. The summed E-state index contributed by atoms with van der Waals surface area (Å²) >= 11 is 7.05. The summed E-state index contributed by atoms with van der Waals surface area (Å²) in [5.74, 6) is 0.118. The number of nitrogens with zero attached hydrogens (tertiary/aromatic N) is 3. The van der Waals surface area contributed by atoms with Gasteiger partial charge < -0.3 is 9.32 Å². The maximum atomic E-state index is 13.1. The molecule has 1 aromatic heterocycles. The van der Waals surface area contributed by atoms with Gasteiger partial charge in [-0.2, -0.15) is 0 Å². The van der Waals surface area contributed by atoms with Crippen LogP contribution in [0.2, 0.25) is 0 Å². The second-order valence-electron chi connectivity index (χ2n) is 6.99. The highest BCUT2D eigenvalue weighted by Crippen LogP contribution is 2.33. The van der Waals surface area contributed by atoms with Crippen molar-refractivity contribution in [1.29, 1.82) is 0 Å². The Morgan fingerprint density at radius 3 is 2.37 bits per heavy atom. The van der Waals surface area contributed by atoms with Crippen molar-refractivity contribution < 1.29 is 9.21 Å². The topological polar surface area (TPSA) is 71.3 Å². The fraction of sp³-hybridized carbons (Fsp3) is 0.273. The van der Waals surface area contributed by atoms with Gasteiger partial charge in [-0.25, -0.2) is 0 Å². The molecule has 3 aromatic rings. The summed E-state index contributed by atoms with van der Waals surface area (Å²) < 4.78 is 6.39. The van der Waals surface area contributed by atoms with Crippen LogP contribution in [-0.2, 0) is 4.79 Å². The Morgan fingerprint density at radius 2 is 1.67 bits per heavy atom. The minimum Gasteiger partial charge on any atom is -0.403 e. The standard InChI is InChI=1S/C22H22N4O2S2/c27-19(23-21-25-24-20(28-21)17-12-6-2-7-13-17)18(16-10-4-1-5-11-16)30-22(29)26-14-8-3-9-15-26/h1-2,4-7,10-13,18H,3,8-9,14-15H2,(H,23,25,27). The number of amides is 1. The number of benzene rings is 2. The van der Waals surface area contributed by atoms with E-state index in [-0.39, 0.29) is 11.9 Å². The first-order valence-electron chi connectivity index (χ1n) is 9.91.